The molecule has 0 amide bonds. The van der Waals surface area contributed by atoms with Crippen LogP contribution in [0.2, 0.25) is 0 Å². The molecular formula is C15H23F2NO. The largest absolute Gasteiger partial charge is 0.377 e. The van der Waals surface area contributed by atoms with E-state index in [1.54, 1.807) is 7.11 Å². The first-order valence-electron chi connectivity index (χ1n) is 6.62. The molecule has 1 unspecified atom stereocenters. The second kappa shape index (κ2) is 6.96. The number of benzene rings is 1. The summed E-state index contributed by atoms with van der Waals surface area (Å²) in [6.07, 6.45) is 1.52. The fraction of sp³-hybridized carbons (Fsp3) is 0.600. The van der Waals surface area contributed by atoms with Crippen LogP contribution in [0.15, 0.2) is 18.2 Å². The molecule has 19 heavy (non-hydrogen) atoms. The van der Waals surface area contributed by atoms with Crippen LogP contribution >= 0.6 is 0 Å². The molecule has 0 heterocycles. The highest BCUT2D eigenvalue weighted by atomic mass is 19.1. The van der Waals surface area contributed by atoms with Gasteiger partial charge in [0.05, 0.1) is 5.60 Å². The number of hydrogen-bond acceptors (Lipinski definition) is 2. The Hall–Kier alpha value is -1.00. The van der Waals surface area contributed by atoms with Gasteiger partial charge in [0.25, 0.3) is 0 Å². The summed E-state index contributed by atoms with van der Waals surface area (Å²) in [5.74, 6) is -1.08. The minimum Gasteiger partial charge on any atom is -0.377 e. The van der Waals surface area contributed by atoms with E-state index in [4.69, 9.17) is 4.74 Å². The van der Waals surface area contributed by atoms with Gasteiger partial charge in [0, 0.05) is 19.2 Å². The second-order valence-corrected chi connectivity index (χ2v) is 5.30. The number of rotatable bonds is 7. The SMILES string of the molecule is CCCNC(Cc1cc(F)cc(F)c1)C(C)(C)OC. The summed E-state index contributed by atoms with van der Waals surface area (Å²) in [5.41, 5.74) is 0.231. The van der Waals surface area contributed by atoms with E-state index in [1.165, 1.54) is 12.1 Å². The fourth-order valence-electron chi connectivity index (χ4n) is 1.99. The van der Waals surface area contributed by atoms with Gasteiger partial charge >= 0.3 is 0 Å². The number of nitrogens with one attached hydrogen (secondary N) is 1. The van der Waals surface area contributed by atoms with Gasteiger partial charge in [-0.1, -0.05) is 6.92 Å². The van der Waals surface area contributed by atoms with Crippen molar-refractivity contribution in [1.82, 2.24) is 5.32 Å². The quantitative estimate of drug-likeness (QED) is 0.821. The van der Waals surface area contributed by atoms with Gasteiger partial charge in [-0.15, -0.1) is 0 Å². The van der Waals surface area contributed by atoms with Crippen molar-refractivity contribution in [3.8, 4) is 0 Å². The Morgan fingerprint density at radius 2 is 1.79 bits per heavy atom. The van der Waals surface area contributed by atoms with E-state index in [-0.39, 0.29) is 6.04 Å². The number of ether oxygens (including phenoxy) is 1. The molecular weight excluding hydrogens is 248 g/mol. The molecule has 0 radical (unpaired) electrons. The van der Waals surface area contributed by atoms with Crippen LogP contribution in [0.4, 0.5) is 8.78 Å². The molecule has 1 atom stereocenters. The summed E-state index contributed by atoms with van der Waals surface area (Å²) in [5, 5.41) is 3.38. The van der Waals surface area contributed by atoms with E-state index in [2.05, 4.69) is 12.2 Å². The predicted octanol–water partition coefficient (Wildman–Crippen LogP) is 3.30. The highest BCUT2D eigenvalue weighted by Gasteiger charge is 2.29. The summed E-state index contributed by atoms with van der Waals surface area (Å²) in [6, 6.07) is 3.63. The average molecular weight is 271 g/mol. The Kier molecular flexibility index (Phi) is 5.88. The first kappa shape index (κ1) is 16.1. The minimum atomic E-state index is -0.542. The van der Waals surface area contributed by atoms with Crippen molar-refractivity contribution in [3.63, 3.8) is 0 Å². The molecule has 108 valence electrons. The van der Waals surface area contributed by atoms with Crippen molar-refractivity contribution in [2.45, 2.75) is 45.3 Å². The van der Waals surface area contributed by atoms with Crippen molar-refractivity contribution in [1.29, 1.82) is 0 Å². The summed E-state index contributed by atoms with van der Waals surface area (Å²) in [4.78, 5) is 0. The molecule has 0 aliphatic carbocycles. The third-order valence-corrected chi connectivity index (χ3v) is 3.37. The average Bonchev–Trinajstić information content (AvgIpc) is 2.33. The summed E-state index contributed by atoms with van der Waals surface area (Å²) >= 11 is 0. The van der Waals surface area contributed by atoms with Gasteiger partial charge in [-0.3, -0.25) is 0 Å². The van der Waals surface area contributed by atoms with Crippen molar-refractivity contribution in [3.05, 3.63) is 35.4 Å². The third-order valence-electron chi connectivity index (χ3n) is 3.37. The Labute approximate surface area is 114 Å². The summed E-state index contributed by atoms with van der Waals surface area (Å²) < 4.78 is 31.9. The molecule has 0 aliphatic heterocycles. The van der Waals surface area contributed by atoms with E-state index < -0.39 is 17.2 Å². The Bertz CT molecular complexity index is 387. The molecule has 1 N–H and O–H groups in total. The van der Waals surface area contributed by atoms with E-state index in [9.17, 15) is 8.78 Å². The van der Waals surface area contributed by atoms with E-state index in [0.717, 1.165) is 19.0 Å². The smallest absolute Gasteiger partial charge is 0.126 e. The van der Waals surface area contributed by atoms with Gasteiger partial charge in [-0.25, -0.2) is 8.78 Å². The first-order valence-corrected chi connectivity index (χ1v) is 6.62. The molecule has 2 nitrogen and oxygen atoms in total. The maximum atomic E-state index is 13.2. The van der Waals surface area contributed by atoms with Gasteiger partial charge in [0.15, 0.2) is 0 Å². The lowest BCUT2D eigenvalue weighted by atomic mass is 9.92. The summed E-state index contributed by atoms with van der Waals surface area (Å²) in [6.45, 7) is 6.85. The Balaban J connectivity index is 2.87. The number of halogens is 2. The zero-order valence-electron chi connectivity index (χ0n) is 12.1. The van der Waals surface area contributed by atoms with Crippen LogP contribution in [0.5, 0.6) is 0 Å². The highest BCUT2D eigenvalue weighted by molar-refractivity contribution is 5.19. The van der Waals surface area contributed by atoms with Gasteiger partial charge in [0.1, 0.15) is 11.6 Å². The predicted molar refractivity (Wildman–Crippen MR) is 73.2 cm³/mol. The highest BCUT2D eigenvalue weighted by Crippen LogP contribution is 2.19. The third kappa shape index (κ3) is 4.88. The zero-order valence-corrected chi connectivity index (χ0v) is 12.1. The van der Waals surface area contributed by atoms with Gasteiger partial charge in [0.2, 0.25) is 0 Å². The zero-order chi connectivity index (χ0) is 14.5. The number of methoxy groups -OCH3 is 1. The monoisotopic (exact) mass is 271 g/mol. The van der Waals surface area contributed by atoms with Crippen molar-refractivity contribution >= 4 is 0 Å². The van der Waals surface area contributed by atoms with Crippen LogP contribution in [0.25, 0.3) is 0 Å². The molecule has 0 spiro atoms. The molecule has 0 bridgehead atoms. The van der Waals surface area contributed by atoms with Crippen LogP contribution < -0.4 is 5.32 Å². The normalized spacial score (nSPS) is 13.6. The molecule has 1 aromatic rings. The molecule has 1 aromatic carbocycles. The molecule has 0 saturated heterocycles. The van der Waals surface area contributed by atoms with Crippen LogP contribution in [-0.4, -0.2) is 25.3 Å². The van der Waals surface area contributed by atoms with Crippen molar-refractivity contribution in [2.24, 2.45) is 0 Å². The van der Waals surface area contributed by atoms with Crippen molar-refractivity contribution < 1.29 is 13.5 Å². The summed E-state index contributed by atoms with van der Waals surface area (Å²) in [7, 11) is 1.65. The lowest BCUT2D eigenvalue weighted by Crippen LogP contribution is -2.49. The van der Waals surface area contributed by atoms with Gasteiger partial charge < -0.3 is 10.1 Å². The molecule has 0 aromatic heterocycles. The van der Waals surface area contributed by atoms with Crippen LogP contribution in [0, 0.1) is 11.6 Å². The van der Waals surface area contributed by atoms with Gasteiger partial charge in [-0.2, -0.15) is 0 Å². The molecule has 1 rings (SSSR count). The van der Waals surface area contributed by atoms with E-state index >= 15 is 0 Å². The van der Waals surface area contributed by atoms with E-state index in [1.807, 2.05) is 13.8 Å². The maximum Gasteiger partial charge on any atom is 0.126 e. The lowest BCUT2D eigenvalue weighted by molar-refractivity contribution is -0.0100. The second-order valence-electron chi connectivity index (χ2n) is 5.30. The van der Waals surface area contributed by atoms with E-state index in [0.29, 0.717) is 12.0 Å². The fourth-order valence-corrected chi connectivity index (χ4v) is 1.99. The molecule has 0 saturated carbocycles. The molecule has 0 fully saturated rings. The number of hydrogen-bond donors (Lipinski definition) is 1. The van der Waals surface area contributed by atoms with Crippen LogP contribution in [-0.2, 0) is 11.2 Å². The van der Waals surface area contributed by atoms with Crippen molar-refractivity contribution in [2.75, 3.05) is 13.7 Å². The van der Waals surface area contributed by atoms with Crippen LogP contribution in [0.3, 0.4) is 0 Å². The van der Waals surface area contributed by atoms with Gasteiger partial charge in [-0.05, 0) is 50.9 Å². The maximum absolute atomic E-state index is 13.2. The lowest BCUT2D eigenvalue weighted by Gasteiger charge is -2.34. The topological polar surface area (TPSA) is 21.3 Å². The standard InChI is InChI=1S/C15H23F2NO/c1-5-6-18-14(15(2,3)19-4)9-11-7-12(16)10-13(17)8-11/h7-8,10,14,18H,5-6,9H2,1-4H3. The molecule has 0 aliphatic rings. The minimum absolute atomic E-state index is 0.00125. The molecule has 4 heteroatoms. The first-order chi connectivity index (χ1) is 8.89. The Morgan fingerprint density at radius 3 is 2.26 bits per heavy atom. The Morgan fingerprint density at radius 1 is 1.21 bits per heavy atom. The van der Waals surface area contributed by atoms with Crippen LogP contribution in [0.1, 0.15) is 32.8 Å².